The molecule has 2 aromatic heterocycles. The Bertz CT molecular complexity index is 1150. The number of carbonyl (C=O) groups is 1. The average molecular weight is 417 g/mol. The predicted octanol–water partition coefficient (Wildman–Crippen LogP) is 3.60. The molecule has 0 unspecified atom stereocenters. The van der Waals surface area contributed by atoms with Gasteiger partial charge in [-0.1, -0.05) is 6.07 Å². The van der Waals surface area contributed by atoms with Gasteiger partial charge in [0.1, 0.15) is 17.3 Å². The van der Waals surface area contributed by atoms with E-state index in [0.29, 0.717) is 28.2 Å². The van der Waals surface area contributed by atoms with Crippen LogP contribution in [0.5, 0.6) is 0 Å². The maximum Gasteiger partial charge on any atom is 0.430 e. The Labute approximate surface area is 168 Å². The molecule has 1 aromatic carbocycles. The molecular formula is C20H15F4N5O. The number of fused-ring (bicyclic) bond motifs is 1. The number of halogens is 4. The summed E-state index contributed by atoms with van der Waals surface area (Å²) in [6.45, 7) is 0. The van der Waals surface area contributed by atoms with E-state index in [1.807, 2.05) is 0 Å². The first-order valence-corrected chi connectivity index (χ1v) is 8.51. The van der Waals surface area contributed by atoms with Crippen molar-refractivity contribution in [3.8, 4) is 11.3 Å². The third kappa shape index (κ3) is 4.77. The van der Waals surface area contributed by atoms with Gasteiger partial charge in [0.2, 0.25) is 0 Å². The number of hydrogen-bond donors (Lipinski definition) is 2. The number of allylic oxidation sites excluding steroid dienone is 1. The summed E-state index contributed by atoms with van der Waals surface area (Å²) >= 11 is 0. The van der Waals surface area contributed by atoms with Crippen LogP contribution in [0.2, 0.25) is 0 Å². The minimum atomic E-state index is -4.73. The van der Waals surface area contributed by atoms with E-state index >= 15 is 0 Å². The lowest BCUT2D eigenvalue weighted by Gasteiger charge is -2.09. The van der Waals surface area contributed by atoms with Crippen LogP contribution < -0.4 is 11.1 Å². The van der Waals surface area contributed by atoms with Crippen LogP contribution in [0.15, 0.2) is 65.6 Å². The fourth-order valence-electron chi connectivity index (χ4n) is 2.52. The molecule has 0 spiro atoms. The maximum absolute atomic E-state index is 13.0. The van der Waals surface area contributed by atoms with Crippen LogP contribution in [0.4, 0.5) is 17.6 Å². The van der Waals surface area contributed by atoms with E-state index in [1.54, 1.807) is 12.1 Å². The number of rotatable bonds is 3. The molecule has 0 fully saturated rings. The SMILES string of the molecule is CN=C(C=C(N)C(F)(F)F)NC(=O)c1ccc2cc(-c3ccc(F)cn3)cnc2c1. The zero-order chi connectivity index (χ0) is 21.9. The molecule has 0 atom stereocenters. The van der Waals surface area contributed by atoms with Crippen LogP contribution in [-0.2, 0) is 0 Å². The lowest BCUT2D eigenvalue weighted by atomic mass is 10.1. The van der Waals surface area contributed by atoms with Crippen molar-refractivity contribution in [2.24, 2.45) is 10.7 Å². The van der Waals surface area contributed by atoms with Crippen LogP contribution in [0.1, 0.15) is 10.4 Å². The highest BCUT2D eigenvalue weighted by Crippen LogP contribution is 2.23. The Balaban J connectivity index is 1.83. The fourth-order valence-corrected chi connectivity index (χ4v) is 2.52. The molecule has 0 radical (unpaired) electrons. The van der Waals surface area contributed by atoms with Crippen LogP contribution in [0.3, 0.4) is 0 Å². The van der Waals surface area contributed by atoms with Gasteiger partial charge in [-0.2, -0.15) is 13.2 Å². The Kier molecular flexibility index (Phi) is 5.77. The van der Waals surface area contributed by atoms with E-state index in [1.165, 1.54) is 37.5 Å². The van der Waals surface area contributed by atoms with Crippen molar-refractivity contribution in [3.05, 3.63) is 71.9 Å². The molecule has 0 saturated heterocycles. The summed E-state index contributed by atoms with van der Waals surface area (Å²) in [5.41, 5.74) is 5.41. The molecule has 6 nitrogen and oxygen atoms in total. The van der Waals surface area contributed by atoms with Gasteiger partial charge in [0.15, 0.2) is 0 Å². The van der Waals surface area contributed by atoms with E-state index in [-0.39, 0.29) is 11.4 Å². The zero-order valence-corrected chi connectivity index (χ0v) is 15.5. The van der Waals surface area contributed by atoms with Crippen LogP contribution >= 0.6 is 0 Å². The topological polar surface area (TPSA) is 93.3 Å². The molecule has 3 aromatic rings. The smallest absolute Gasteiger partial charge is 0.395 e. The molecule has 154 valence electrons. The summed E-state index contributed by atoms with van der Waals surface area (Å²) in [6.07, 6.45) is -1.57. The monoisotopic (exact) mass is 417 g/mol. The van der Waals surface area contributed by atoms with Crippen molar-refractivity contribution >= 4 is 22.6 Å². The van der Waals surface area contributed by atoms with Gasteiger partial charge in [-0.25, -0.2) is 4.39 Å². The Hall–Kier alpha value is -3.82. The van der Waals surface area contributed by atoms with Crippen molar-refractivity contribution in [3.63, 3.8) is 0 Å². The minimum absolute atomic E-state index is 0.169. The van der Waals surface area contributed by atoms with Gasteiger partial charge in [-0.05, 0) is 30.3 Å². The van der Waals surface area contributed by atoms with Crippen molar-refractivity contribution < 1.29 is 22.4 Å². The molecule has 0 bridgehead atoms. The molecule has 0 aliphatic carbocycles. The third-order valence-electron chi connectivity index (χ3n) is 4.07. The number of carbonyl (C=O) groups excluding carboxylic acids is 1. The third-order valence-corrected chi connectivity index (χ3v) is 4.07. The predicted molar refractivity (Wildman–Crippen MR) is 104 cm³/mol. The van der Waals surface area contributed by atoms with Gasteiger partial charge in [-0.3, -0.25) is 19.8 Å². The number of nitrogens with one attached hydrogen (secondary N) is 1. The first-order valence-electron chi connectivity index (χ1n) is 8.51. The molecule has 10 heteroatoms. The number of amidine groups is 1. The van der Waals surface area contributed by atoms with E-state index < -0.39 is 23.6 Å². The molecular weight excluding hydrogens is 402 g/mol. The molecule has 0 aliphatic heterocycles. The Morgan fingerprint density at radius 1 is 1.13 bits per heavy atom. The quantitative estimate of drug-likeness (QED) is 0.387. The second kappa shape index (κ2) is 8.27. The summed E-state index contributed by atoms with van der Waals surface area (Å²) in [7, 11) is 1.22. The van der Waals surface area contributed by atoms with E-state index in [2.05, 4.69) is 20.3 Å². The lowest BCUT2D eigenvalue weighted by Crippen LogP contribution is -2.31. The number of nitrogens with zero attached hydrogens (tertiary/aromatic N) is 3. The van der Waals surface area contributed by atoms with E-state index in [4.69, 9.17) is 5.73 Å². The average Bonchev–Trinajstić information content (AvgIpc) is 2.72. The maximum atomic E-state index is 13.0. The number of nitrogens with two attached hydrogens (primary N) is 1. The molecule has 2 heterocycles. The van der Waals surface area contributed by atoms with Gasteiger partial charge in [0.05, 0.1) is 17.4 Å². The van der Waals surface area contributed by atoms with Gasteiger partial charge >= 0.3 is 6.18 Å². The van der Waals surface area contributed by atoms with Crippen molar-refractivity contribution in [1.82, 2.24) is 15.3 Å². The van der Waals surface area contributed by atoms with Crippen LogP contribution in [-0.4, -0.2) is 34.9 Å². The summed E-state index contributed by atoms with van der Waals surface area (Å²) in [5.74, 6) is -1.46. The Morgan fingerprint density at radius 3 is 2.53 bits per heavy atom. The highest BCUT2D eigenvalue weighted by molar-refractivity contribution is 6.11. The van der Waals surface area contributed by atoms with Gasteiger partial charge in [0.25, 0.3) is 5.91 Å². The van der Waals surface area contributed by atoms with Crippen molar-refractivity contribution in [2.45, 2.75) is 6.18 Å². The van der Waals surface area contributed by atoms with Gasteiger partial charge < -0.3 is 11.1 Å². The molecule has 30 heavy (non-hydrogen) atoms. The van der Waals surface area contributed by atoms with Crippen LogP contribution in [0.25, 0.3) is 22.2 Å². The number of amides is 1. The molecule has 0 saturated carbocycles. The lowest BCUT2D eigenvalue weighted by molar-refractivity contribution is -0.0925. The van der Waals surface area contributed by atoms with Crippen molar-refractivity contribution in [2.75, 3.05) is 7.05 Å². The van der Waals surface area contributed by atoms with Gasteiger partial charge in [-0.15, -0.1) is 0 Å². The number of pyridine rings is 2. The molecule has 3 N–H and O–H groups in total. The summed E-state index contributed by atoms with van der Waals surface area (Å²) < 4.78 is 50.7. The highest BCUT2D eigenvalue weighted by atomic mass is 19.4. The van der Waals surface area contributed by atoms with Gasteiger partial charge in [0, 0.05) is 35.8 Å². The summed E-state index contributed by atoms with van der Waals surface area (Å²) in [4.78, 5) is 24.3. The molecule has 0 aliphatic rings. The summed E-state index contributed by atoms with van der Waals surface area (Å²) in [6, 6.07) is 9.18. The van der Waals surface area contributed by atoms with Crippen LogP contribution in [0, 0.1) is 5.82 Å². The largest absolute Gasteiger partial charge is 0.430 e. The van der Waals surface area contributed by atoms with E-state index in [0.717, 1.165) is 6.20 Å². The number of aromatic nitrogens is 2. The highest BCUT2D eigenvalue weighted by Gasteiger charge is 2.31. The second-order valence-electron chi connectivity index (χ2n) is 6.15. The Morgan fingerprint density at radius 2 is 1.90 bits per heavy atom. The van der Waals surface area contributed by atoms with Crippen molar-refractivity contribution in [1.29, 1.82) is 0 Å². The number of aliphatic imine (C=N–C) groups is 1. The summed E-state index contributed by atoms with van der Waals surface area (Å²) in [5, 5.41) is 2.97. The molecule has 3 rings (SSSR count). The minimum Gasteiger partial charge on any atom is -0.395 e. The zero-order valence-electron chi connectivity index (χ0n) is 15.5. The number of hydrogen-bond acceptors (Lipinski definition) is 5. The normalized spacial score (nSPS) is 12.8. The molecule has 1 amide bonds. The van der Waals surface area contributed by atoms with E-state index in [9.17, 15) is 22.4 Å². The number of alkyl halides is 3. The second-order valence-corrected chi connectivity index (χ2v) is 6.15. The standard InChI is InChI=1S/C20H15F4N5O/c1-26-18(8-17(25)20(22,23)24)29-19(30)12-3-2-11-6-13(9-27-16(11)7-12)15-5-4-14(21)10-28-15/h2-10H,25H2,1H3,(H,26,29,30). The first kappa shape index (κ1) is 20.9. The fraction of sp³-hybridized carbons (Fsp3) is 0.100. The number of benzene rings is 1. The first-order chi connectivity index (χ1) is 14.2.